The van der Waals surface area contributed by atoms with Gasteiger partial charge >= 0.3 is 0 Å². The van der Waals surface area contributed by atoms with Crippen molar-refractivity contribution in [1.29, 1.82) is 0 Å². The standard InChI is InChI=1S/C29H35N3O3S/c1-5-13-30-29(34)25-18-36-26(31-25)17-35-23-11-10-21-12-14-32(27(33)15-19(2)3)28(24(21)16-23)22-8-6-20(4)7-9-22/h6-11,16,18-19,28H,5,12-15,17H2,1-4H3,(H,30,34)/t28-/m1/s1. The molecule has 2 aromatic carbocycles. The maximum Gasteiger partial charge on any atom is 0.270 e. The van der Waals surface area contributed by atoms with Crippen LogP contribution in [0.2, 0.25) is 0 Å². The van der Waals surface area contributed by atoms with Gasteiger partial charge in [-0.2, -0.15) is 0 Å². The maximum atomic E-state index is 13.2. The van der Waals surface area contributed by atoms with Crippen LogP contribution in [0.3, 0.4) is 0 Å². The van der Waals surface area contributed by atoms with Crippen LogP contribution < -0.4 is 10.1 Å². The molecule has 1 aliphatic heterocycles. The van der Waals surface area contributed by atoms with Crippen molar-refractivity contribution in [3.8, 4) is 5.75 Å². The van der Waals surface area contributed by atoms with Crippen LogP contribution in [0.15, 0.2) is 47.8 Å². The average Bonchev–Trinajstić information content (AvgIpc) is 3.34. The molecule has 4 rings (SSSR count). The Morgan fingerprint density at radius 2 is 1.97 bits per heavy atom. The minimum atomic E-state index is -0.153. The third-order valence-corrected chi connectivity index (χ3v) is 7.15. The molecule has 1 atom stereocenters. The molecule has 36 heavy (non-hydrogen) atoms. The Bertz CT molecular complexity index is 1200. The lowest BCUT2D eigenvalue weighted by atomic mass is 9.87. The lowest BCUT2D eigenvalue weighted by Gasteiger charge is -2.38. The molecule has 0 aliphatic carbocycles. The third-order valence-electron chi connectivity index (χ3n) is 6.32. The van der Waals surface area contributed by atoms with Crippen LogP contribution in [0.1, 0.15) is 77.4 Å². The van der Waals surface area contributed by atoms with Gasteiger partial charge in [0.05, 0.1) is 6.04 Å². The number of amides is 2. The van der Waals surface area contributed by atoms with E-state index < -0.39 is 0 Å². The lowest BCUT2D eigenvalue weighted by Crippen LogP contribution is -2.41. The summed E-state index contributed by atoms with van der Waals surface area (Å²) in [4.78, 5) is 31.9. The van der Waals surface area contributed by atoms with E-state index >= 15 is 0 Å². The predicted octanol–water partition coefficient (Wildman–Crippen LogP) is 5.69. The first-order chi connectivity index (χ1) is 17.4. The van der Waals surface area contributed by atoms with Crippen LogP contribution in [-0.4, -0.2) is 34.8 Å². The van der Waals surface area contributed by atoms with Gasteiger partial charge in [0.25, 0.3) is 5.91 Å². The number of fused-ring (bicyclic) bond motifs is 1. The Kier molecular flexibility index (Phi) is 8.41. The summed E-state index contributed by atoms with van der Waals surface area (Å²) in [7, 11) is 0. The summed E-state index contributed by atoms with van der Waals surface area (Å²) >= 11 is 1.42. The summed E-state index contributed by atoms with van der Waals surface area (Å²) in [5, 5.41) is 5.37. The van der Waals surface area contributed by atoms with E-state index in [2.05, 4.69) is 67.5 Å². The van der Waals surface area contributed by atoms with Gasteiger partial charge in [-0.05, 0) is 54.5 Å². The van der Waals surface area contributed by atoms with Gasteiger partial charge in [-0.3, -0.25) is 9.59 Å². The topological polar surface area (TPSA) is 71.5 Å². The van der Waals surface area contributed by atoms with E-state index in [1.165, 1.54) is 22.5 Å². The summed E-state index contributed by atoms with van der Waals surface area (Å²) in [6.07, 6.45) is 2.24. The molecule has 190 valence electrons. The molecule has 1 aliphatic rings. The summed E-state index contributed by atoms with van der Waals surface area (Å²) in [6, 6.07) is 14.5. The number of hydrogen-bond donors (Lipinski definition) is 1. The van der Waals surface area contributed by atoms with Crippen molar-refractivity contribution in [1.82, 2.24) is 15.2 Å². The summed E-state index contributed by atoms with van der Waals surface area (Å²) in [5.74, 6) is 1.07. The highest BCUT2D eigenvalue weighted by Crippen LogP contribution is 2.38. The first-order valence-electron chi connectivity index (χ1n) is 12.7. The van der Waals surface area contributed by atoms with Crippen molar-refractivity contribution in [2.45, 2.75) is 59.6 Å². The minimum Gasteiger partial charge on any atom is -0.486 e. The Morgan fingerprint density at radius 3 is 2.69 bits per heavy atom. The lowest BCUT2D eigenvalue weighted by molar-refractivity contribution is -0.134. The number of carbonyl (C=O) groups excluding carboxylic acids is 2. The average molecular weight is 506 g/mol. The molecule has 2 amide bonds. The molecule has 0 saturated heterocycles. The molecule has 2 heterocycles. The van der Waals surface area contributed by atoms with E-state index in [0.29, 0.717) is 31.1 Å². The van der Waals surface area contributed by atoms with Crippen molar-refractivity contribution < 1.29 is 14.3 Å². The van der Waals surface area contributed by atoms with Crippen LogP contribution in [0.4, 0.5) is 0 Å². The van der Waals surface area contributed by atoms with Gasteiger partial charge in [0, 0.05) is 24.9 Å². The molecule has 1 N–H and O–H groups in total. The van der Waals surface area contributed by atoms with Crippen LogP contribution in [-0.2, 0) is 17.8 Å². The molecular weight excluding hydrogens is 470 g/mol. The molecule has 0 radical (unpaired) electrons. The Labute approximate surface area is 217 Å². The number of carbonyl (C=O) groups is 2. The molecule has 0 saturated carbocycles. The third kappa shape index (κ3) is 6.13. The summed E-state index contributed by atoms with van der Waals surface area (Å²) in [5.41, 5.74) is 5.08. The largest absolute Gasteiger partial charge is 0.486 e. The zero-order valence-electron chi connectivity index (χ0n) is 21.5. The minimum absolute atomic E-state index is 0.141. The predicted molar refractivity (Wildman–Crippen MR) is 143 cm³/mol. The van der Waals surface area contributed by atoms with E-state index in [1.54, 1.807) is 5.38 Å². The number of nitrogens with one attached hydrogen (secondary N) is 1. The zero-order chi connectivity index (χ0) is 25.7. The van der Waals surface area contributed by atoms with Crippen molar-refractivity contribution in [2.75, 3.05) is 13.1 Å². The molecule has 6 nitrogen and oxygen atoms in total. The monoisotopic (exact) mass is 505 g/mol. The number of aromatic nitrogens is 1. The van der Waals surface area contributed by atoms with Crippen LogP contribution in [0, 0.1) is 12.8 Å². The fraction of sp³-hybridized carbons (Fsp3) is 0.414. The molecule has 7 heteroatoms. The van der Waals surface area contributed by atoms with E-state index in [1.807, 2.05) is 17.9 Å². The van der Waals surface area contributed by atoms with Gasteiger partial charge < -0.3 is 15.0 Å². The molecule has 1 aromatic heterocycles. The molecule has 0 bridgehead atoms. The van der Waals surface area contributed by atoms with E-state index in [9.17, 15) is 9.59 Å². The van der Waals surface area contributed by atoms with E-state index in [4.69, 9.17) is 4.74 Å². The van der Waals surface area contributed by atoms with Crippen molar-refractivity contribution in [3.63, 3.8) is 0 Å². The number of nitrogens with zero attached hydrogens (tertiary/aromatic N) is 2. The van der Waals surface area contributed by atoms with Crippen LogP contribution in [0.25, 0.3) is 0 Å². The van der Waals surface area contributed by atoms with Gasteiger partial charge in [-0.15, -0.1) is 11.3 Å². The normalized spacial score (nSPS) is 15.0. The van der Waals surface area contributed by atoms with Gasteiger partial charge in [-0.1, -0.05) is 56.7 Å². The molecule has 0 fully saturated rings. The SMILES string of the molecule is CCCNC(=O)c1csc(COc2ccc3c(c2)[C@@H](c2ccc(C)cc2)N(C(=O)CC(C)C)CC3)n1. The van der Waals surface area contributed by atoms with Crippen LogP contribution >= 0.6 is 11.3 Å². The molecule has 0 unspecified atom stereocenters. The number of thiazole rings is 1. The van der Waals surface area contributed by atoms with Gasteiger partial charge in [0.2, 0.25) is 5.91 Å². The first-order valence-corrected chi connectivity index (χ1v) is 13.6. The molecule has 3 aromatic rings. The highest BCUT2D eigenvalue weighted by molar-refractivity contribution is 7.09. The second kappa shape index (κ2) is 11.7. The second-order valence-corrected chi connectivity index (χ2v) is 10.7. The van der Waals surface area contributed by atoms with Crippen molar-refractivity contribution in [2.24, 2.45) is 5.92 Å². The Morgan fingerprint density at radius 1 is 1.19 bits per heavy atom. The first kappa shape index (κ1) is 25.9. The molecule has 0 spiro atoms. The summed E-state index contributed by atoms with van der Waals surface area (Å²) < 4.78 is 6.11. The number of hydrogen-bond acceptors (Lipinski definition) is 5. The highest BCUT2D eigenvalue weighted by Gasteiger charge is 2.32. The van der Waals surface area contributed by atoms with E-state index in [0.717, 1.165) is 34.7 Å². The number of benzene rings is 2. The van der Waals surface area contributed by atoms with Gasteiger partial charge in [0.1, 0.15) is 23.1 Å². The maximum absolute atomic E-state index is 13.2. The number of rotatable bonds is 9. The van der Waals surface area contributed by atoms with E-state index in [-0.39, 0.29) is 24.5 Å². The smallest absolute Gasteiger partial charge is 0.270 e. The van der Waals surface area contributed by atoms with Gasteiger partial charge in [0.15, 0.2) is 0 Å². The Hall–Kier alpha value is -3.19. The highest BCUT2D eigenvalue weighted by atomic mass is 32.1. The second-order valence-electron chi connectivity index (χ2n) is 9.78. The quantitative estimate of drug-likeness (QED) is 0.406. The van der Waals surface area contributed by atoms with Crippen molar-refractivity contribution in [3.05, 3.63) is 80.8 Å². The number of aryl methyl sites for hydroxylation is 1. The van der Waals surface area contributed by atoms with Gasteiger partial charge in [-0.25, -0.2) is 4.98 Å². The zero-order valence-corrected chi connectivity index (χ0v) is 22.4. The number of ether oxygens (including phenoxy) is 1. The van der Waals surface area contributed by atoms with Crippen LogP contribution in [0.5, 0.6) is 5.75 Å². The summed E-state index contributed by atoms with van der Waals surface area (Å²) in [6.45, 7) is 9.89. The molecular formula is C29H35N3O3S. The Balaban J connectivity index is 1.56. The van der Waals surface area contributed by atoms with Crippen molar-refractivity contribution >= 4 is 23.2 Å². The fourth-order valence-corrected chi connectivity index (χ4v) is 5.17. The fourth-order valence-electron chi connectivity index (χ4n) is 4.48.